The Bertz CT molecular complexity index is 209. The van der Waals surface area contributed by atoms with Gasteiger partial charge >= 0.3 is 0 Å². The highest BCUT2D eigenvalue weighted by Crippen LogP contribution is 2.33. The van der Waals surface area contributed by atoms with E-state index in [1.165, 1.54) is 45.1 Å². The van der Waals surface area contributed by atoms with Crippen molar-refractivity contribution in [3.05, 3.63) is 0 Å². The Balaban J connectivity index is 1.74. The van der Waals surface area contributed by atoms with E-state index in [9.17, 15) is 0 Å². The largest absolute Gasteiger partial charge is 0.314 e. The predicted molar refractivity (Wildman–Crippen MR) is 69.7 cm³/mol. The quantitative estimate of drug-likeness (QED) is 0.715. The van der Waals surface area contributed by atoms with E-state index in [0.717, 1.165) is 24.0 Å². The second kappa shape index (κ2) is 5.50. The first-order valence-electron chi connectivity index (χ1n) is 7.21. The van der Waals surface area contributed by atoms with E-state index < -0.39 is 0 Å². The fourth-order valence-electron chi connectivity index (χ4n) is 3.07. The van der Waals surface area contributed by atoms with E-state index in [1.54, 1.807) is 0 Å². The van der Waals surface area contributed by atoms with Crippen LogP contribution in [0, 0.1) is 5.92 Å². The van der Waals surface area contributed by atoms with Gasteiger partial charge in [-0.3, -0.25) is 0 Å². The first-order valence-corrected chi connectivity index (χ1v) is 7.21. The molecule has 0 aromatic heterocycles. The predicted octanol–water partition coefficient (Wildman–Crippen LogP) is 2.64. The van der Waals surface area contributed by atoms with Crippen molar-refractivity contribution in [1.29, 1.82) is 0 Å². The summed E-state index contributed by atoms with van der Waals surface area (Å²) < 4.78 is 0. The molecular formula is C14H28N2. The maximum absolute atomic E-state index is 3.69. The molecule has 94 valence electrons. The average molecular weight is 224 g/mol. The lowest BCUT2D eigenvalue weighted by molar-refractivity contribution is 0.0465. The summed E-state index contributed by atoms with van der Waals surface area (Å²) in [5.74, 6) is 0.922. The first kappa shape index (κ1) is 12.4. The van der Waals surface area contributed by atoms with Gasteiger partial charge in [0.25, 0.3) is 0 Å². The first-order chi connectivity index (χ1) is 7.76. The highest BCUT2D eigenvalue weighted by atomic mass is 15.2. The van der Waals surface area contributed by atoms with Gasteiger partial charge in [0.2, 0.25) is 0 Å². The van der Waals surface area contributed by atoms with Crippen LogP contribution in [0.1, 0.15) is 52.4 Å². The van der Waals surface area contributed by atoms with Gasteiger partial charge in [0.15, 0.2) is 0 Å². The van der Waals surface area contributed by atoms with Crippen molar-refractivity contribution in [2.45, 2.75) is 70.5 Å². The summed E-state index contributed by atoms with van der Waals surface area (Å²) in [7, 11) is 2.34. The SMILES string of the molecule is CCC(CC)N(C)C1CCC1CNC1CC1. The zero-order valence-corrected chi connectivity index (χ0v) is 11.2. The second-order valence-corrected chi connectivity index (χ2v) is 5.72. The molecule has 1 N–H and O–H groups in total. The molecule has 2 heteroatoms. The van der Waals surface area contributed by atoms with E-state index in [0.29, 0.717) is 0 Å². The van der Waals surface area contributed by atoms with Crippen LogP contribution in [0.4, 0.5) is 0 Å². The molecule has 2 aliphatic carbocycles. The Morgan fingerprint density at radius 1 is 1.12 bits per heavy atom. The van der Waals surface area contributed by atoms with E-state index >= 15 is 0 Å². The van der Waals surface area contributed by atoms with E-state index in [-0.39, 0.29) is 0 Å². The summed E-state index contributed by atoms with van der Waals surface area (Å²) in [6.45, 7) is 5.90. The maximum atomic E-state index is 3.69. The van der Waals surface area contributed by atoms with Gasteiger partial charge in [-0.1, -0.05) is 13.8 Å². The fourth-order valence-corrected chi connectivity index (χ4v) is 3.07. The smallest absolute Gasteiger partial charge is 0.0136 e. The molecule has 0 aliphatic heterocycles. The van der Waals surface area contributed by atoms with Crippen molar-refractivity contribution in [2.75, 3.05) is 13.6 Å². The molecule has 0 bridgehead atoms. The molecule has 0 aromatic rings. The summed E-state index contributed by atoms with van der Waals surface area (Å²) in [5, 5.41) is 3.69. The molecule has 16 heavy (non-hydrogen) atoms. The van der Waals surface area contributed by atoms with Gasteiger partial charge in [0.1, 0.15) is 0 Å². The van der Waals surface area contributed by atoms with Crippen LogP contribution in [-0.2, 0) is 0 Å². The monoisotopic (exact) mass is 224 g/mol. The molecule has 2 atom stereocenters. The maximum Gasteiger partial charge on any atom is 0.0136 e. The molecule has 0 heterocycles. The van der Waals surface area contributed by atoms with Crippen molar-refractivity contribution >= 4 is 0 Å². The second-order valence-electron chi connectivity index (χ2n) is 5.72. The number of nitrogens with zero attached hydrogens (tertiary/aromatic N) is 1. The third kappa shape index (κ3) is 2.78. The van der Waals surface area contributed by atoms with Gasteiger partial charge in [-0.15, -0.1) is 0 Å². The van der Waals surface area contributed by atoms with Crippen LogP contribution in [0.5, 0.6) is 0 Å². The number of hydrogen-bond donors (Lipinski definition) is 1. The molecule has 2 fully saturated rings. The molecule has 0 amide bonds. The van der Waals surface area contributed by atoms with Gasteiger partial charge in [-0.25, -0.2) is 0 Å². The lowest BCUT2D eigenvalue weighted by Gasteiger charge is -2.46. The summed E-state index contributed by atoms with van der Waals surface area (Å²) in [4.78, 5) is 2.66. The molecule has 2 rings (SSSR count). The van der Waals surface area contributed by atoms with Gasteiger partial charge in [0, 0.05) is 18.1 Å². The van der Waals surface area contributed by atoms with Crippen LogP contribution in [-0.4, -0.2) is 36.6 Å². The Morgan fingerprint density at radius 3 is 2.25 bits per heavy atom. The van der Waals surface area contributed by atoms with Crippen molar-refractivity contribution < 1.29 is 0 Å². The van der Waals surface area contributed by atoms with Crippen molar-refractivity contribution in [3.63, 3.8) is 0 Å². The van der Waals surface area contributed by atoms with Crippen LogP contribution in [0.15, 0.2) is 0 Å². The van der Waals surface area contributed by atoms with E-state index in [2.05, 4.69) is 31.1 Å². The van der Waals surface area contributed by atoms with Crippen LogP contribution in [0.2, 0.25) is 0 Å². The van der Waals surface area contributed by atoms with E-state index in [1.807, 2.05) is 0 Å². The minimum Gasteiger partial charge on any atom is -0.314 e. The number of rotatable bonds is 7. The Kier molecular flexibility index (Phi) is 4.26. The molecule has 2 aliphatic rings. The topological polar surface area (TPSA) is 15.3 Å². The fraction of sp³-hybridized carbons (Fsp3) is 1.00. The van der Waals surface area contributed by atoms with Crippen LogP contribution >= 0.6 is 0 Å². The summed E-state index contributed by atoms with van der Waals surface area (Å²) in [6.07, 6.45) is 8.29. The summed E-state index contributed by atoms with van der Waals surface area (Å²) in [5.41, 5.74) is 0. The lowest BCUT2D eigenvalue weighted by atomic mass is 9.77. The van der Waals surface area contributed by atoms with Crippen molar-refractivity contribution in [2.24, 2.45) is 5.92 Å². The van der Waals surface area contributed by atoms with Crippen molar-refractivity contribution in [1.82, 2.24) is 10.2 Å². The molecule has 2 nitrogen and oxygen atoms in total. The molecule has 2 saturated carbocycles. The molecule has 0 saturated heterocycles. The van der Waals surface area contributed by atoms with Crippen LogP contribution < -0.4 is 5.32 Å². The zero-order valence-electron chi connectivity index (χ0n) is 11.2. The van der Waals surface area contributed by atoms with Gasteiger partial charge in [0.05, 0.1) is 0 Å². The molecule has 0 radical (unpaired) electrons. The van der Waals surface area contributed by atoms with E-state index in [4.69, 9.17) is 0 Å². The van der Waals surface area contributed by atoms with Gasteiger partial charge < -0.3 is 10.2 Å². The highest BCUT2D eigenvalue weighted by Gasteiger charge is 2.36. The molecule has 2 unspecified atom stereocenters. The Labute approximate surface area is 101 Å². The number of hydrogen-bond acceptors (Lipinski definition) is 2. The average Bonchev–Trinajstić information content (AvgIpc) is 3.02. The Morgan fingerprint density at radius 2 is 1.81 bits per heavy atom. The minimum atomic E-state index is 0.800. The van der Waals surface area contributed by atoms with Gasteiger partial charge in [-0.2, -0.15) is 0 Å². The van der Waals surface area contributed by atoms with Gasteiger partial charge in [-0.05, 0) is 58.0 Å². The van der Waals surface area contributed by atoms with Crippen molar-refractivity contribution in [3.8, 4) is 0 Å². The molecule has 0 aromatic carbocycles. The highest BCUT2D eigenvalue weighted by molar-refractivity contribution is 4.93. The third-order valence-corrected chi connectivity index (χ3v) is 4.67. The Hall–Kier alpha value is -0.0800. The summed E-state index contributed by atoms with van der Waals surface area (Å²) in [6, 6.07) is 2.53. The number of nitrogens with one attached hydrogen (secondary N) is 1. The normalized spacial score (nSPS) is 29.8. The standard InChI is InChI=1S/C14H28N2/c1-4-13(5-2)16(3)14-9-6-11(14)10-15-12-7-8-12/h11-15H,4-10H2,1-3H3. The van der Waals surface area contributed by atoms with Crippen LogP contribution in [0.25, 0.3) is 0 Å². The molecular weight excluding hydrogens is 196 g/mol. The lowest BCUT2D eigenvalue weighted by Crippen LogP contribution is -2.52. The summed E-state index contributed by atoms with van der Waals surface area (Å²) >= 11 is 0. The minimum absolute atomic E-state index is 0.800. The third-order valence-electron chi connectivity index (χ3n) is 4.67. The van der Waals surface area contributed by atoms with Crippen LogP contribution in [0.3, 0.4) is 0 Å². The molecule has 0 spiro atoms. The zero-order chi connectivity index (χ0) is 11.5.